The number of hydrogen-bond acceptors (Lipinski definition) is 7. The lowest BCUT2D eigenvalue weighted by Gasteiger charge is -2.24. The van der Waals surface area contributed by atoms with E-state index in [1.807, 2.05) is 0 Å². The number of hydrogen-bond donors (Lipinski definition) is 4. The normalized spacial score (nSPS) is 17.5. The molecule has 0 radical (unpaired) electrons. The molecular formula is C28H27Cl2N5O5S. The minimum absolute atomic E-state index is 0.0483. The smallest absolute Gasteiger partial charge is 0.251 e. The summed E-state index contributed by atoms with van der Waals surface area (Å²) in [6, 6.07) is 12.9. The highest BCUT2D eigenvalue weighted by atomic mass is 35.5. The van der Waals surface area contributed by atoms with E-state index in [0.717, 1.165) is 16.0 Å². The molecule has 3 amide bonds. The van der Waals surface area contributed by atoms with Crippen LogP contribution in [0.4, 0.5) is 0 Å². The van der Waals surface area contributed by atoms with Crippen LogP contribution in [0.3, 0.4) is 0 Å². The molecule has 1 aromatic heterocycles. The largest absolute Gasteiger partial charge is 0.384 e. The Morgan fingerprint density at radius 1 is 1.00 bits per heavy atom. The van der Waals surface area contributed by atoms with E-state index in [4.69, 9.17) is 43.8 Å². The third-order valence-electron chi connectivity index (χ3n) is 6.87. The summed E-state index contributed by atoms with van der Waals surface area (Å²) in [7, 11) is 0. The lowest BCUT2D eigenvalue weighted by molar-refractivity contribution is -0.152. The molecule has 13 heteroatoms. The van der Waals surface area contributed by atoms with Crippen LogP contribution < -0.4 is 16.4 Å². The van der Waals surface area contributed by atoms with Crippen molar-refractivity contribution in [2.24, 2.45) is 5.73 Å². The number of amides is 3. The quantitative estimate of drug-likeness (QED) is 0.226. The third-order valence-corrected chi connectivity index (χ3v) is 8.25. The predicted octanol–water partition coefficient (Wildman–Crippen LogP) is 3.40. The van der Waals surface area contributed by atoms with Gasteiger partial charge in [0.2, 0.25) is 11.8 Å². The number of carbonyl (C=O) groups is 3. The average molecular weight is 617 g/mol. The number of nitrogens with one attached hydrogen (secondary N) is 3. The van der Waals surface area contributed by atoms with Crippen molar-refractivity contribution >= 4 is 58.1 Å². The number of nitrogen functional groups attached to an aromatic ring is 1. The van der Waals surface area contributed by atoms with Gasteiger partial charge in [-0.25, -0.2) is 0 Å². The lowest BCUT2D eigenvalue weighted by Crippen LogP contribution is -2.49. The zero-order chi connectivity index (χ0) is 29.1. The molecule has 0 bridgehead atoms. The Kier molecular flexibility index (Phi) is 8.62. The molecule has 3 heterocycles. The number of rotatable bonds is 8. The molecular weight excluding hydrogens is 589 g/mol. The first-order valence-electron chi connectivity index (χ1n) is 12.7. The Bertz CT molecular complexity index is 1470. The van der Waals surface area contributed by atoms with E-state index < -0.39 is 23.6 Å². The molecule has 2 aliphatic rings. The van der Waals surface area contributed by atoms with Crippen LogP contribution in [0.2, 0.25) is 10.0 Å². The van der Waals surface area contributed by atoms with E-state index in [9.17, 15) is 14.4 Å². The Hall–Kier alpha value is -3.48. The predicted molar refractivity (Wildman–Crippen MR) is 156 cm³/mol. The molecule has 1 spiro atoms. The molecule has 5 N–H and O–H groups in total. The van der Waals surface area contributed by atoms with Gasteiger partial charge in [-0.15, -0.1) is 11.3 Å². The summed E-state index contributed by atoms with van der Waals surface area (Å²) in [5, 5.41) is 15.8. The molecule has 0 saturated carbocycles. The van der Waals surface area contributed by atoms with Gasteiger partial charge < -0.3 is 30.7 Å². The van der Waals surface area contributed by atoms with Crippen LogP contribution in [0.1, 0.15) is 27.2 Å². The number of benzene rings is 2. The van der Waals surface area contributed by atoms with Crippen molar-refractivity contribution in [3.63, 3.8) is 0 Å². The summed E-state index contributed by atoms with van der Waals surface area (Å²) >= 11 is 13.6. The highest BCUT2D eigenvalue weighted by Gasteiger charge is 2.52. The van der Waals surface area contributed by atoms with Gasteiger partial charge in [0, 0.05) is 37.9 Å². The zero-order valence-electron chi connectivity index (χ0n) is 21.7. The van der Waals surface area contributed by atoms with E-state index in [0.29, 0.717) is 34.4 Å². The summed E-state index contributed by atoms with van der Waals surface area (Å²) in [6.07, 6.45) is 0.177. The van der Waals surface area contributed by atoms with Gasteiger partial charge in [-0.3, -0.25) is 19.8 Å². The molecule has 2 aromatic carbocycles. The molecule has 0 unspecified atom stereocenters. The van der Waals surface area contributed by atoms with E-state index in [1.54, 1.807) is 53.9 Å². The SMILES string of the molecule is N=C(N)c1csc(CNC(=O)[C@@H]2CC3(CN2C(=O)CNC(=O)c2ccc(-c4cc(Cl)cc(Cl)c4)cc2)OCCO3)c1. The number of nitrogens with two attached hydrogens (primary N) is 1. The van der Waals surface area contributed by atoms with E-state index >= 15 is 0 Å². The number of amidine groups is 1. The van der Waals surface area contributed by atoms with Crippen molar-refractivity contribution in [3.8, 4) is 11.1 Å². The minimum atomic E-state index is -1.05. The van der Waals surface area contributed by atoms with Gasteiger partial charge in [0.05, 0.1) is 32.8 Å². The Labute approximate surface area is 250 Å². The highest BCUT2D eigenvalue weighted by molar-refractivity contribution is 7.10. The topological polar surface area (TPSA) is 147 Å². The van der Waals surface area contributed by atoms with Crippen molar-refractivity contribution < 1.29 is 23.9 Å². The first kappa shape index (κ1) is 29.0. The third kappa shape index (κ3) is 6.71. The second-order valence-corrected chi connectivity index (χ2v) is 11.6. The molecule has 2 fully saturated rings. The second-order valence-electron chi connectivity index (χ2n) is 9.70. The summed E-state index contributed by atoms with van der Waals surface area (Å²) in [5.74, 6) is -2.33. The van der Waals surface area contributed by atoms with Gasteiger partial charge in [0.25, 0.3) is 5.91 Å². The lowest BCUT2D eigenvalue weighted by atomic mass is 10.0. The zero-order valence-corrected chi connectivity index (χ0v) is 24.1. The summed E-state index contributed by atoms with van der Waals surface area (Å²) in [5.41, 5.74) is 8.11. The van der Waals surface area contributed by atoms with Crippen LogP contribution in [0.25, 0.3) is 11.1 Å². The van der Waals surface area contributed by atoms with Crippen molar-refractivity contribution in [2.75, 3.05) is 26.3 Å². The van der Waals surface area contributed by atoms with Gasteiger partial charge in [-0.2, -0.15) is 0 Å². The fourth-order valence-electron chi connectivity index (χ4n) is 4.84. The van der Waals surface area contributed by atoms with Crippen LogP contribution in [0.5, 0.6) is 0 Å². The van der Waals surface area contributed by atoms with Crippen LogP contribution in [0, 0.1) is 5.41 Å². The fourth-order valence-corrected chi connectivity index (χ4v) is 6.19. The Morgan fingerprint density at radius 3 is 2.32 bits per heavy atom. The molecule has 214 valence electrons. The highest BCUT2D eigenvalue weighted by Crippen LogP contribution is 2.35. The van der Waals surface area contributed by atoms with Crippen LogP contribution in [0.15, 0.2) is 53.9 Å². The van der Waals surface area contributed by atoms with Gasteiger partial charge in [-0.1, -0.05) is 35.3 Å². The number of ether oxygens (including phenoxy) is 2. The first-order valence-corrected chi connectivity index (χ1v) is 14.4. The average Bonchev–Trinajstić information content (AvgIpc) is 3.70. The first-order chi connectivity index (χ1) is 19.6. The van der Waals surface area contributed by atoms with E-state index in [2.05, 4.69) is 10.6 Å². The Balaban J connectivity index is 1.21. The fraction of sp³-hybridized carbons (Fsp3) is 0.286. The monoisotopic (exact) mass is 615 g/mol. The van der Waals surface area contributed by atoms with Gasteiger partial charge in [0.15, 0.2) is 5.79 Å². The van der Waals surface area contributed by atoms with Crippen molar-refractivity contribution in [1.29, 1.82) is 5.41 Å². The number of nitrogens with zero attached hydrogens (tertiary/aromatic N) is 1. The maximum Gasteiger partial charge on any atom is 0.251 e. The molecule has 2 aliphatic heterocycles. The molecule has 3 aromatic rings. The standard InChI is InChI=1S/C28H27Cl2N5O5S/c29-20-7-18(8-21(30)10-20)16-1-3-17(4-2-16)26(37)34-13-24(36)35-15-28(39-5-6-40-28)11-23(35)27(38)33-12-22-9-19(14-41-22)25(31)32/h1-4,7-10,14,23H,5-6,11-13,15H2,(H3,31,32)(H,33,38)(H,34,37)/t23-/m0/s1. The summed E-state index contributed by atoms with van der Waals surface area (Å²) in [4.78, 5) is 41.5. The Morgan fingerprint density at radius 2 is 1.68 bits per heavy atom. The van der Waals surface area contributed by atoms with E-state index in [1.165, 1.54) is 16.2 Å². The van der Waals surface area contributed by atoms with Crippen LogP contribution in [-0.4, -0.2) is 66.6 Å². The van der Waals surface area contributed by atoms with Crippen LogP contribution in [-0.2, 0) is 25.6 Å². The molecule has 5 rings (SSSR count). The maximum atomic E-state index is 13.3. The second kappa shape index (κ2) is 12.2. The van der Waals surface area contributed by atoms with Crippen LogP contribution >= 0.6 is 34.5 Å². The number of halogens is 2. The minimum Gasteiger partial charge on any atom is -0.384 e. The van der Waals surface area contributed by atoms with Gasteiger partial charge in [0.1, 0.15) is 11.9 Å². The van der Waals surface area contributed by atoms with Gasteiger partial charge in [-0.05, 0) is 47.5 Å². The van der Waals surface area contributed by atoms with Crippen molar-refractivity contribution in [3.05, 3.63) is 80.0 Å². The van der Waals surface area contributed by atoms with Gasteiger partial charge >= 0.3 is 0 Å². The summed E-state index contributed by atoms with van der Waals surface area (Å²) in [6.45, 7) is 0.723. The van der Waals surface area contributed by atoms with E-state index in [-0.39, 0.29) is 37.8 Å². The molecule has 0 aliphatic carbocycles. The van der Waals surface area contributed by atoms with Crippen molar-refractivity contribution in [1.82, 2.24) is 15.5 Å². The molecule has 41 heavy (non-hydrogen) atoms. The number of carbonyl (C=O) groups excluding carboxylic acids is 3. The molecule has 10 nitrogen and oxygen atoms in total. The maximum absolute atomic E-state index is 13.3. The molecule has 1 atom stereocenters. The summed E-state index contributed by atoms with van der Waals surface area (Å²) < 4.78 is 11.6. The molecule has 2 saturated heterocycles. The number of likely N-dealkylation sites (tertiary alicyclic amines) is 1. The number of thiophene rings is 1. The van der Waals surface area contributed by atoms with Crippen molar-refractivity contribution in [2.45, 2.75) is 24.8 Å².